The van der Waals surface area contributed by atoms with Crippen molar-refractivity contribution in [2.24, 2.45) is 0 Å². The smallest absolute Gasteiger partial charge is 0.294 e. The minimum Gasteiger partial charge on any atom is -0.496 e. The zero-order valence-electron chi connectivity index (χ0n) is 15.9. The van der Waals surface area contributed by atoms with Crippen molar-refractivity contribution < 1.29 is 14.3 Å². The number of methoxy groups -OCH3 is 1. The zero-order chi connectivity index (χ0) is 18.9. The largest absolute Gasteiger partial charge is 0.496 e. The Morgan fingerprint density at radius 1 is 1.12 bits per heavy atom. The second-order valence-electron chi connectivity index (χ2n) is 6.32. The summed E-state index contributed by atoms with van der Waals surface area (Å²) in [6, 6.07) is 7.48. The minimum atomic E-state index is -0.219. The molecule has 0 N–H and O–H groups in total. The van der Waals surface area contributed by atoms with Crippen LogP contribution in [0.2, 0.25) is 0 Å². The summed E-state index contributed by atoms with van der Waals surface area (Å²) in [7, 11) is 1.59. The highest BCUT2D eigenvalue weighted by Crippen LogP contribution is 2.34. The Hall–Kier alpha value is -1.79. The van der Waals surface area contributed by atoms with Crippen molar-refractivity contribution in [3.63, 3.8) is 0 Å². The molecule has 0 radical (unpaired) electrons. The Morgan fingerprint density at radius 3 is 2.38 bits per heavy atom. The summed E-state index contributed by atoms with van der Waals surface area (Å²) in [5, 5.41) is -0.200. The van der Waals surface area contributed by atoms with Crippen LogP contribution < -0.4 is 4.74 Å². The number of benzene rings is 1. The number of imide groups is 1. The van der Waals surface area contributed by atoms with Crippen molar-refractivity contribution in [3.05, 3.63) is 34.7 Å². The molecule has 0 spiro atoms. The maximum atomic E-state index is 12.8. The molecule has 0 saturated carbocycles. The molecule has 26 heavy (non-hydrogen) atoms. The fourth-order valence-corrected chi connectivity index (χ4v) is 3.59. The molecule has 142 valence electrons. The van der Waals surface area contributed by atoms with Gasteiger partial charge in [-0.05, 0) is 49.8 Å². The number of thioether (sulfide) groups is 1. The Balaban J connectivity index is 2.12. The number of ether oxygens (including phenoxy) is 1. The fraction of sp³-hybridized carbons (Fsp3) is 0.500. The van der Waals surface area contributed by atoms with Crippen LogP contribution in [0.5, 0.6) is 5.75 Å². The molecule has 6 heteroatoms. The molecule has 1 aromatic rings. The van der Waals surface area contributed by atoms with Gasteiger partial charge in [0.05, 0.1) is 18.7 Å². The molecule has 2 rings (SSSR count). The quantitative estimate of drug-likeness (QED) is 0.559. The lowest BCUT2D eigenvalue weighted by Gasteiger charge is -2.26. The third kappa shape index (κ3) is 5.35. The van der Waals surface area contributed by atoms with E-state index in [9.17, 15) is 9.59 Å². The summed E-state index contributed by atoms with van der Waals surface area (Å²) in [4.78, 5) is 29.2. The molecule has 0 unspecified atom stereocenters. The topological polar surface area (TPSA) is 49.9 Å². The van der Waals surface area contributed by atoms with E-state index in [1.54, 1.807) is 13.2 Å². The number of amides is 2. The maximum absolute atomic E-state index is 12.8. The molecule has 0 bridgehead atoms. The zero-order valence-corrected chi connectivity index (χ0v) is 16.7. The van der Waals surface area contributed by atoms with Gasteiger partial charge in [0, 0.05) is 5.56 Å². The predicted octanol–water partition coefficient (Wildman–Crippen LogP) is 4.59. The van der Waals surface area contributed by atoms with E-state index >= 15 is 0 Å². The summed E-state index contributed by atoms with van der Waals surface area (Å²) in [5.41, 5.74) is 0.800. The molecular formula is C20H28N2O3S. The molecule has 2 amide bonds. The summed E-state index contributed by atoms with van der Waals surface area (Å²) in [5.74, 6) is 0.468. The number of nitrogens with zero attached hydrogens (tertiary/aromatic N) is 2. The summed E-state index contributed by atoms with van der Waals surface area (Å²) < 4.78 is 5.33. The van der Waals surface area contributed by atoms with E-state index in [0.29, 0.717) is 17.3 Å². The predicted molar refractivity (Wildman–Crippen MR) is 107 cm³/mol. The number of unbranched alkanes of at least 4 members (excludes halogenated alkanes) is 2. The van der Waals surface area contributed by atoms with Crippen LogP contribution in [0.3, 0.4) is 0 Å². The lowest BCUT2D eigenvalue weighted by atomic mass is 10.2. The lowest BCUT2D eigenvalue weighted by molar-refractivity contribution is -0.124. The van der Waals surface area contributed by atoms with Crippen LogP contribution in [-0.2, 0) is 4.79 Å². The normalized spacial score (nSPS) is 16.2. The average molecular weight is 377 g/mol. The first-order chi connectivity index (χ1) is 12.6. The van der Waals surface area contributed by atoms with Crippen molar-refractivity contribution in [3.8, 4) is 5.75 Å². The van der Waals surface area contributed by atoms with Crippen molar-refractivity contribution in [1.29, 1.82) is 0 Å². The minimum absolute atomic E-state index is 0.200. The van der Waals surface area contributed by atoms with E-state index in [2.05, 4.69) is 18.7 Å². The Bertz CT molecular complexity index is 652. The van der Waals surface area contributed by atoms with Gasteiger partial charge in [-0.2, -0.15) is 0 Å². The van der Waals surface area contributed by atoms with Gasteiger partial charge in [0.1, 0.15) is 5.75 Å². The van der Waals surface area contributed by atoms with E-state index < -0.39 is 0 Å². The van der Waals surface area contributed by atoms with Crippen LogP contribution in [-0.4, -0.2) is 47.8 Å². The van der Waals surface area contributed by atoms with Gasteiger partial charge < -0.3 is 4.74 Å². The third-order valence-electron chi connectivity index (χ3n) is 4.30. The highest BCUT2D eigenvalue weighted by atomic mass is 32.2. The van der Waals surface area contributed by atoms with Gasteiger partial charge in [0.2, 0.25) is 0 Å². The van der Waals surface area contributed by atoms with E-state index in [0.717, 1.165) is 56.1 Å². The van der Waals surface area contributed by atoms with Gasteiger partial charge in [-0.15, -0.1) is 0 Å². The molecule has 1 aliphatic rings. The second kappa shape index (κ2) is 10.4. The summed E-state index contributed by atoms with van der Waals surface area (Å²) in [6.45, 7) is 6.48. The first kappa shape index (κ1) is 20.5. The molecule has 1 fully saturated rings. The van der Waals surface area contributed by atoms with Gasteiger partial charge >= 0.3 is 0 Å². The number of rotatable bonds is 10. The van der Waals surface area contributed by atoms with Crippen LogP contribution >= 0.6 is 11.8 Å². The Kier molecular flexibility index (Phi) is 8.19. The van der Waals surface area contributed by atoms with E-state index in [1.807, 2.05) is 24.3 Å². The first-order valence-electron chi connectivity index (χ1n) is 9.21. The van der Waals surface area contributed by atoms with Crippen molar-refractivity contribution in [2.45, 2.75) is 39.5 Å². The van der Waals surface area contributed by atoms with Crippen LogP contribution in [0.1, 0.15) is 45.1 Å². The number of hydrogen-bond donors (Lipinski definition) is 0. The number of hydrogen-bond acceptors (Lipinski definition) is 5. The van der Waals surface area contributed by atoms with E-state index in [1.165, 1.54) is 4.90 Å². The van der Waals surface area contributed by atoms with Gasteiger partial charge in [-0.25, -0.2) is 0 Å². The summed E-state index contributed by atoms with van der Waals surface area (Å²) >= 11 is 1.00. The second-order valence-corrected chi connectivity index (χ2v) is 7.31. The lowest BCUT2D eigenvalue weighted by Crippen LogP contribution is -2.41. The molecule has 1 saturated heterocycles. The molecule has 0 aromatic heterocycles. The van der Waals surface area contributed by atoms with Gasteiger partial charge in [0.15, 0.2) is 0 Å². The van der Waals surface area contributed by atoms with E-state index in [-0.39, 0.29) is 11.1 Å². The molecule has 0 aliphatic carbocycles. The number of para-hydroxylation sites is 1. The third-order valence-corrected chi connectivity index (χ3v) is 5.20. The molecule has 5 nitrogen and oxygen atoms in total. The van der Waals surface area contributed by atoms with Crippen molar-refractivity contribution in [2.75, 3.05) is 26.9 Å². The van der Waals surface area contributed by atoms with Gasteiger partial charge in [0.25, 0.3) is 11.1 Å². The SMILES string of the molecule is CCCCN(CCCC)CN1C(=O)S/C(=C/c2ccccc2OC)C1=O. The maximum Gasteiger partial charge on any atom is 0.294 e. The molecule has 0 atom stereocenters. The molecule has 1 heterocycles. The number of carbonyl (C=O) groups is 2. The van der Waals surface area contributed by atoms with Crippen LogP contribution in [0.4, 0.5) is 4.79 Å². The van der Waals surface area contributed by atoms with Crippen LogP contribution in [0.15, 0.2) is 29.2 Å². The molecule has 1 aliphatic heterocycles. The Morgan fingerprint density at radius 2 is 1.77 bits per heavy atom. The van der Waals surface area contributed by atoms with Crippen LogP contribution in [0.25, 0.3) is 6.08 Å². The molecular weight excluding hydrogens is 348 g/mol. The highest BCUT2D eigenvalue weighted by Gasteiger charge is 2.36. The van der Waals surface area contributed by atoms with Crippen molar-refractivity contribution >= 4 is 29.0 Å². The highest BCUT2D eigenvalue weighted by molar-refractivity contribution is 8.18. The molecule has 1 aromatic carbocycles. The van der Waals surface area contributed by atoms with Gasteiger partial charge in [-0.1, -0.05) is 44.9 Å². The Labute approximate surface area is 160 Å². The van der Waals surface area contributed by atoms with Crippen LogP contribution in [0, 0.1) is 0 Å². The summed E-state index contributed by atoms with van der Waals surface area (Å²) in [6.07, 6.45) is 6.07. The van der Waals surface area contributed by atoms with E-state index in [4.69, 9.17) is 4.74 Å². The standard InChI is InChI=1S/C20H28N2O3S/c1-4-6-12-21(13-7-5-2)15-22-19(23)18(26-20(22)24)14-16-10-8-9-11-17(16)25-3/h8-11,14H,4-7,12-13,15H2,1-3H3/b18-14+. The van der Waals surface area contributed by atoms with Crippen molar-refractivity contribution in [1.82, 2.24) is 9.80 Å². The average Bonchev–Trinajstić information content (AvgIpc) is 2.91. The fourth-order valence-electron chi connectivity index (χ4n) is 2.77. The van der Waals surface area contributed by atoms with Gasteiger partial charge in [-0.3, -0.25) is 19.4 Å². The number of carbonyl (C=O) groups excluding carboxylic acids is 2. The monoisotopic (exact) mass is 376 g/mol. The first-order valence-corrected chi connectivity index (χ1v) is 10.0.